The monoisotopic (exact) mass is 698 g/mol. The maximum Gasteiger partial charge on any atom is 0.331 e. The molecule has 17 heteroatoms. The zero-order chi connectivity index (χ0) is 35.2. The summed E-state index contributed by atoms with van der Waals surface area (Å²) >= 11 is 0. The van der Waals surface area contributed by atoms with Gasteiger partial charge in [0.15, 0.2) is 30.2 Å². The SMILES string of the molecule is COc1ccc(/C=C/C(=O)O[C@@H]2[C@@H](O)[C@H](C)O[C@@H](O[C@@H]3[C@@H]4C=CO[C@H](O[C@@H]5O[C@H](CO)[C@@H](O)[C@H](O)[C@H]5O)[C@@H]4[C@]4(CO)O[C@H]34)[C@@H]2O)cc1OC. The highest BCUT2D eigenvalue weighted by Gasteiger charge is 2.77. The van der Waals surface area contributed by atoms with Crippen molar-refractivity contribution in [1.82, 2.24) is 0 Å². The van der Waals surface area contributed by atoms with Crippen LogP contribution in [0.25, 0.3) is 6.08 Å². The zero-order valence-electron chi connectivity index (χ0n) is 26.8. The molecule has 4 heterocycles. The van der Waals surface area contributed by atoms with Crippen molar-refractivity contribution in [2.45, 2.75) is 92.4 Å². The van der Waals surface area contributed by atoms with Gasteiger partial charge in [-0.2, -0.15) is 0 Å². The number of aliphatic hydroxyl groups is 7. The third kappa shape index (κ3) is 6.55. The Kier molecular flexibility index (Phi) is 10.5. The van der Waals surface area contributed by atoms with Crippen LogP contribution in [-0.2, 0) is 38.0 Å². The van der Waals surface area contributed by atoms with Gasteiger partial charge >= 0.3 is 5.97 Å². The molecular weight excluding hydrogens is 656 g/mol. The average Bonchev–Trinajstić information content (AvgIpc) is 3.78. The second kappa shape index (κ2) is 14.4. The highest BCUT2D eigenvalue weighted by Crippen LogP contribution is 2.61. The van der Waals surface area contributed by atoms with Crippen LogP contribution in [0.4, 0.5) is 0 Å². The molecule has 1 aliphatic carbocycles. The second-order valence-corrected chi connectivity index (χ2v) is 12.6. The average molecular weight is 699 g/mol. The quantitative estimate of drug-likeness (QED) is 0.0720. The molecule has 49 heavy (non-hydrogen) atoms. The van der Waals surface area contributed by atoms with Gasteiger partial charge in [-0.25, -0.2) is 4.79 Å². The maximum atomic E-state index is 12.8. The number of ether oxygens (including phenoxy) is 9. The summed E-state index contributed by atoms with van der Waals surface area (Å²) in [6, 6.07) is 5.01. The van der Waals surface area contributed by atoms with E-state index in [1.54, 1.807) is 24.3 Å². The van der Waals surface area contributed by atoms with Crippen LogP contribution in [0.3, 0.4) is 0 Å². The van der Waals surface area contributed by atoms with Gasteiger partial charge in [-0.15, -0.1) is 0 Å². The van der Waals surface area contributed by atoms with E-state index in [1.165, 1.54) is 33.5 Å². The number of methoxy groups -OCH3 is 2. The van der Waals surface area contributed by atoms with E-state index in [2.05, 4.69) is 0 Å². The van der Waals surface area contributed by atoms with E-state index in [-0.39, 0.29) is 0 Å². The Morgan fingerprint density at radius 3 is 2.31 bits per heavy atom. The van der Waals surface area contributed by atoms with Gasteiger partial charge < -0.3 is 78.4 Å². The minimum Gasteiger partial charge on any atom is -0.493 e. The van der Waals surface area contributed by atoms with Gasteiger partial charge in [-0.3, -0.25) is 0 Å². The summed E-state index contributed by atoms with van der Waals surface area (Å²) in [5, 5.41) is 72.9. The molecule has 1 aromatic carbocycles. The Hall–Kier alpha value is -2.91. The predicted molar refractivity (Wildman–Crippen MR) is 160 cm³/mol. The Balaban J connectivity index is 1.14. The third-order valence-electron chi connectivity index (χ3n) is 9.74. The number of fused-ring (bicyclic) bond motifs is 3. The van der Waals surface area contributed by atoms with Gasteiger partial charge in [-0.05, 0) is 36.8 Å². The minimum atomic E-state index is -1.70. The Labute approximate surface area is 280 Å². The summed E-state index contributed by atoms with van der Waals surface area (Å²) in [6.07, 6.45) is -11.8. The van der Waals surface area contributed by atoms with Gasteiger partial charge in [0.05, 0.1) is 51.8 Å². The number of carbonyl (C=O) groups is 1. The molecule has 7 N–H and O–H groups in total. The fourth-order valence-corrected chi connectivity index (χ4v) is 7.01. The molecule has 4 aliphatic heterocycles. The van der Waals surface area contributed by atoms with Crippen LogP contribution in [0.15, 0.2) is 36.6 Å². The molecule has 0 aromatic heterocycles. The van der Waals surface area contributed by atoms with E-state index < -0.39 is 117 Å². The molecule has 3 saturated heterocycles. The fourth-order valence-electron chi connectivity index (χ4n) is 7.01. The lowest BCUT2D eigenvalue weighted by Gasteiger charge is -2.44. The molecule has 1 saturated carbocycles. The van der Waals surface area contributed by atoms with Crippen LogP contribution in [0.2, 0.25) is 0 Å². The molecule has 0 radical (unpaired) electrons. The number of benzene rings is 1. The molecule has 1 aromatic rings. The zero-order valence-corrected chi connectivity index (χ0v) is 26.8. The predicted octanol–water partition coefficient (Wildman–Crippen LogP) is -2.46. The first-order chi connectivity index (χ1) is 23.5. The van der Waals surface area contributed by atoms with Crippen molar-refractivity contribution in [3.05, 3.63) is 42.2 Å². The first-order valence-corrected chi connectivity index (χ1v) is 15.8. The standard InChI is InChI=1S/C32H42O17/c1-13-21(36)27(46-19(35)7-5-14-4-6-16(41-2)17(10-14)42-3)25(40)31(44-13)47-26-15-8-9-43-29(20(15)32(12-34)28(26)49-32)48-30-24(39)23(38)22(37)18(11-33)45-30/h4-10,13,15,18,20-31,33-34,36-40H,11-12H2,1-3H3/b7-5+/t13-,15+,18+,20+,21-,22+,23-,24+,25+,26+,27+,28+,29+,30-,31-,32-/m0/s1. The van der Waals surface area contributed by atoms with Crippen molar-refractivity contribution in [1.29, 1.82) is 0 Å². The van der Waals surface area contributed by atoms with Crippen molar-refractivity contribution < 1.29 is 83.2 Å². The van der Waals surface area contributed by atoms with E-state index >= 15 is 0 Å². The fraction of sp³-hybridized carbons (Fsp3) is 0.656. The number of hydrogen-bond acceptors (Lipinski definition) is 17. The molecule has 0 bridgehead atoms. The molecule has 0 amide bonds. The summed E-state index contributed by atoms with van der Waals surface area (Å²) in [4.78, 5) is 12.8. The number of epoxide rings is 1. The summed E-state index contributed by atoms with van der Waals surface area (Å²) in [6.45, 7) is 0.376. The maximum absolute atomic E-state index is 12.8. The first-order valence-electron chi connectivity index (χ1n) is 15.8. The number of hydrogen-bond donors (Lipinski definition) is 7. The van der Waals surface area contributed by atoms with Crippen molar-refractivity contribution in [3.8, 4) is 11.5 Å². The van der Waals surface area contributed by atoms with Gasteiger partial charge in [-0.1, -0.05) is 6.07 Å². The van der Waals surface area contributed by atoms with E-state index in [4.69, 9.17) is 42.6 Å². The number of carbonyl (C=O) groups excluding carboxylic acids is 1. The normalized spacial score (nSPS) is 44.2. The van der Waals surface area contributed by atoms with Gasteiger partial charge in [0.25, 0.3) is 0 Å². The van der Waals surface area contributed by atoms with Crippen molar-refractivity contribution >= 4 is 12.0 Å². The Morgan fingerprint density at radius 2 is 1.61 bits per heavy atom. The lowest BCUT2D eigenvalue weighted by atomic mass is 9.85. The molecule has 6 rings (SSSR count). The minimum absolute atomic E-state index is 0.451. The Bertz CT molecular complexity index is 1390. The largest absolute Gasteiger partial charge is 0.493 e. The summed E-state index contributed by atoms with van der Waals surface area (Å²) in [5.41, 5.74) is -0.632. The smallest absolute Gasteiger partial charge is 0.331 e. The van der Waals surface area contributed by atoms with E-state index in [0.717, 1.165) is 6.08 Å². The second-order valence-electron chi connectivity index (χ2n) is 12.6. The summed E-state index contributed by atoms with van der Waals surface area (Å²) in [7, 11) is 2.98. The molecule has 5 aliphatic rings. The lowest BCUT2D eigenvalue weighted by molar-refractivity contribution is -0.347. The molecule has 0 unspecified atom stereocenters. The van der Waals surface area contributed by atoms with Gasteiger partial charge in [0, 0.05) is 12.0 Å². The Morgan fingerprint density at radius 1 is 0.878 bits per heavy atom. The van der Waals surface area contributed by atoms with Crippen LogP contribution in [-0.4, -0.2) is 155 Å². The van der Waals surface area contributed by atoms with Crippen LogP contribution in [0.1, 0.15) is 12.5 Å². The number of rotatable bonds is 11. The molecule has 0 spiro atoms. The highest BCUT2D eigenvalue weighted by molar-refractivity contribution is 5.87. The van der Waals surface area contributed by atoms with Crippen LogP contribution in [0.5, 0.6) is 11.5 Å². The first kappa shape index (κ1) is 35.9. The lowest BCUT2D eigenvalue weighted by Crippen LogP contribution is -2.60. The summed E-state index contributed by atoms with van der Waals surface area (Å²) < 4.78 is 51.0. The summed E-state index contributed by atoms with van der Waals surface area (Å²) in [5.74, 6) is -1.23. The van der Waals surface area contributed by atoms with Crippen molar-refractivity contribution in [2.75, 3.05) is 27.4 Å². The molecule has 17 nitrogen and oxygen atoms in total. The molecular formula is C32H42O17. The topological polar surface area (TPSA) is 245 Å². The van der Waals surface area contributed by atoms with Crippen LogP contribution < -0.4 is 9.47 Å². The van der Waals surface area contributed by atoms with Crippen LogP contribution >= 0.6 is 0 Å². The molecule has 16 atom stereocenters. The third-order valence-corrected chi connectivity index (χ3v) is 9.74. The molecule has 4 fully saturated rings. The van der Waals surface area contributed by atoms with E-state index in [1.807, 2.05) is 0 Å². The van der Waals surface area contributed by atoms with Crippen molar-refractivity contribution in [3.63, 3.8) is 0 Å². The van der Waals surface area contributed by atoms with Crippen LogP contribution in [0, 0.1) is 11.8 Å². The van der Waals surface area contributed by atoms with Crippen molar-refractivity contribution in [2.24, 2.45) is 11.8 Å². The highest BCUT2D eigenvalue weighted by atomic mass is 16.8. The number of esters is 1. The van der Waals surface area contributed by atoms with Gasteiger partial charge in [0.2, 0.25) is 6.29 Å². The van der Waals surface area contributed by atoms with E-state index in [9.17, 15) is 40.5 Å². The molecule has 272 valence electrons. The van der Waals surface area contributed by atoms with Gasteiger partial charge in [0.1, 0.15) is 48.3 Å². The number of aliphatic hydroxyl groups excluding tert-OH is 7. The van der Waals surface area contributed by atoms with E-state index in [0.29, 0.717) is 17.1 Å².